The maximum atomic E-state index is 6.74. The summed E-state index contributed by atoms with van der Waals surface area (Å²) in [6, 6.07) is 86.4. The van der Waals surface area contributed by atoms with Gasteiger partial charge in [-0.2, -0.15) is 0 Å². The molecule has 1 aliphatic heterocycles. The van der Waals surface area contributed by atoms with Crippen molar-refractivity contribution in [3.05, 3.63) is 318 Å². The van der Waals surface area contributed by atoms with Crippen LogP contribution < -0.4 is 5.32 Å². The molecule has 1 N–H and O–H groups in total. The molecule has 16 aromatic rings. The van der Waals surface area contributed by atoms with E-state index in [1.165, 1.54) is 106 Å². The van der Waals surface area contributed by atoms with E-state index in [1.807, 2.05) is 12.1 Å². The van der Waals surface area contributed by atoms with Gasteiger partial charge in [-0.25, -0.2) is 9.97 Å². The maximum absolute atomic E-state index is 6.74. The monoisotopic (exact) mass is 1400 g/mol. The molecule has 8 nitrogen and oxygen atoms in total. The van der Waals surface area contributed by atoms with Crippen molar-refractivity contribution < 1.29 is 8.83 Å². The standard InChI is InChI=1S/C100H84N6O2/c1-97(2)50-51-98(3,4)81-57-85-77(55-79(81)97)74-26-11-15-31-84(74)106(85)70-23-18-22-68(54-70)95-101-90(89-75-27-12-16-32-87(75)108-96(89)104-95)65-42-38-62(39-43-65)61-36-34-60(35-37-61)59-100(7)53-52-99(5,6)80-56-78-73-25-10-14-30-83(73)105(86(78)58-82(80)100)69-48-46-67(47-49-69)94-102-91(93-92(103-94)76-28-13-17-33-88(76)107-93)66-44-40-64(41-45-66)72-29-19-21-63-20-8-9-24-71(63)72/h8-36,38-42,44-49,54-58,61,65,95,104H,37,43,50-53,59H2,1-7H3. The molecule has 0 saturated carbocycles. The van der Waals surface area contributed by atoms with Crippen LogP contribution in [-0.4, -0.2) is 24.8 Å². The van der Waals surface area contributed by atoms with Crippen LogP contribution in [0.2, 0.25) is 0 Å². The number of nitrogens with one attached hydrogen (secondary N) is 1. The lowest BCUT2D eigenvalue weighted by Gasteiger charge is -2.44. The zero-order valence-electron chi connectivity index (χ0n) is 62.2. The second-order valence-corrected chi connectivity index (χ2v) is 33.6. The van der Waals surface area contributed by atoms with Crippen molar-refractivity contribution in [3.8, 4) is 45.1 Å². The summed E-state index contributed by atoms with van der Waals surface area (Å²) in [5.74, 6) is 1.80. The first kappa shape index (κ1) is 64.5. The Morgan fingerprint density at radius 3 is 1.72 bits per heavy atom. The van der Waals surface area contributed by atoms with Crippen molar-refractivity contribution >= 4 is 99.0 Å². The average Bonchev–Trinajstić information content (AvgIpc) is 1.49. The molecule has 5 aromatic heterocycles. The second-order valence-electron chi connectivity index (χ2n) is 33.6. The van der Waals surface area contributed by atoms with Gasteiger partial charge in [-0.05, 0) is 213 Å². The summed E-state index contributed by atoms with van der Waals surface area (Å²) in [6.45, 7) is 17.2. The highest BCUT2D eigenvalue weighted by molar-refractivity contribution is 6.17. The van der Waals surface area contributed by atoms with Gasteiger partial charge in [0.2, 0.25) is 5.88 Å². The third kappa shape index (κ3) is 10.3. The molecule has 4 unspecified atom stereocenters. The van der Waals surface area contributed by atoms with Crippen molar-refractivity contribution in [2.24, 2.45) is 16.8 Å². The van der Waals surface area contributed by atoms with Crippen molar-refractivity contribution in [2.75, 3.05) is 5.32 Å². The third-order valence-corrected chi connectivity index (χ3v) is 25.5. The molecule has 8 heteroatoms. The van der Waals surface area contributed by atoms with Crippen molar-refractivity contribution in [1.82, 2.24) is 19.1 Å². The van der Waals surface area contributed by atoms with E-state index in [-0.39, 0.29) is 33.7 Å². The molecule has 0 radical (unpaired) electrons. The van der Waals surface area contributed by atoms with Crippen LogP contribution in [0.3, 0.4) is 0 Å². The van der Waals surface area contributed by atoms with Gasteiger partial charge in [-0.1, -0.05) is 236 Å². The third-order valence-electron chi connectivity index (χ3n) is 25.5. The van der Waals surface area contributed by atoms with E-state index >= 15 is 0 Å². The van der Waals surface area contributed by atoms with E-state index in [2.05, 4.69) is 324 Å². The highest BCUT2D eigenvalue weighted by Gasteiger charge is 2.42. The van der Waals surface area contributed by atoms with Crippen LogP contribution in [0.4, 0.5) is 5.88 Å². The first-order valence-corrected chi connectivity index (χ1v) is 38.8. The Balaban J connectivity index is 0.563. The summed E-state index contributed by atoms with van der Waals surface area (Å²) in [7, 11) is 0. The summed E-state index contributed by atoms with van der Waals surface area (Å²) in [6.07, 6.45) is 21.8. The minimum atomic E-state index is -0.349. The van der Waals surface area contributed by atoms with Crippen LogP contribution in [0, 0.1) is 11.8 Å². The molecular weight excluding hydrogens is 1320 g/mol. The van der Waals surface area contributed by atoms with Crippen LogP contribution in [0.25, 0.3) is 133 Å². The SMILES string of the molecule is CC1(C)CCC(C)(C)c2cc3c(cc21)c1ccccc1n3-c1cccc(C2N=C(C3C=CC(C4C=CC(CC5(C)CCC(C)(C)c6cc7c8ccccc8n(-c8ccc(-c9nc(-c%10ccc(-c%11cccc%12ccccc%11%12)cc%10)c%10oc%11ccccc%11c%10n9)cc8)c7cc65)=CC4)=CC3)c3c(oc4ccccc34)N2)c1. The lowest BCUT2D eigenvalue weighted by atomic mass is 9.60. The Bertz CT molecular complexity index is 6630. The van der Waals surface area contributed by atoms with Gasteiger partial charge in [0, 0.05) is 66.7 Å². The molecule has 5 aliphatic rings. The molecule has 4 aliphatic carbocycles. The molecule has 4 atom stereocenters. The smallest absolute Gasteiger partial charge is 0.205 e. The minimum absolute atomic E-state index is 0.00860. The van der Waals surface area contributed by atoms with Crippen LogP contribution in [0.1, 0.15) is 133 Å². The topological polar surface area (TPSA) is 86.3 Å². The van der Waals surface area contributed by atoms with E-state index in [0.717, 1.165) is 116 Å². The molecule has 0 saturated heterocycles. The van der Waals surface area contributed by atoms with Crippen LogP contribution in [-0.2, 0) is 21.7 Å². The van der Waals surface area contributed by atoms with Crippen molar-refractivity contribution in [3.63, 3.8) is 0 Å². The molecular formula is C100H84N6O2. The summed E-state index contributed by atoms with van der Waals surface area (Å²) < 4.78 is 18.3. The summed E-state index contributed by atoms with van der Waals surface area (Å²) in [5.41, 5.74) is 27.3. The Labute approximate surface area is 629 Å². The Morgan fingerprint density at radius 2 is 1.02 bits per heavy atom. The zero-order valence-corrected chi connectivity index (χ0v) is 62.2. The number of para-hydroxylation sites is 4. The zero-order chi connectivity index (χ0) is 72.5. The first-order valence-electron chi connectivity index (χ1n) is 38.8. The fraction of sp³-hybridized carbons (Fsp3) is 0.210. The van der Waals surface area contributed by atoms with E-state index < -0.39 is 0 Å². The van der Waals surface area contributed by atoms with Gasteiger partial charge in [0.25, 0.3) is 0 Å². The number of fused-ring (bicyclic) bond motifs is 15. The van der Waals surface area contributed by atoms with E-state index in [1.54, 1.807) is 0 Å². The molecule has 0 amide bonds. The maximum Gasteiger partial charge on any atom is 0.205 e. The largest absolute Gasteiger partial charge is 0.452 e. The average molecular weight is 1400 g/mol. The van der Waals surface area contributed by atoms with E-state index in [9.17, 15) is 0 Å². The lowest BCUT2D eigenvalue weighted by molar-refractivity contribution is 0.311. The number of benzene rings is 11. The summed E-state index contributed by atoms with van der Waals surface area (Å²) in [5, 5.41) is 13.5. The molecule has 0 fully saturated rings. The number of aromatic nitrogens is 4. The quantitative estimate of drug-likeness (QED) is 0.147. The molecule has 526 valence electrons. The molecule has 0 spiro atoms. The number of rotatable bonds is 10. The molecule has 11 aromatic carbocycles. The van der Waals surface area contributed by atoms with Gasteiger partial charge >= 0.3 is 0 Å². The Morgan fingerprint density at radius 1 is 0.444 bits per heavy atom. The van der Waals surface area contributed by atoms with Gasteiger partial charge < -0.3 is 23.3 Å². The fourth-order valence-electron chi connectivity index (χ4n) is 19.3. The fourth-order valence-corrected chi connectivity index (χ4v) is 19.3. The van der Waals surface area contributed by atoms with Gasteiger partial charge in [-0.15, -0.1) is 0 Å². The number of hydrogen-bond donors (Lipinski definition) is 1. The van der Waals surface area contributed by atoms with Gasteiger partial charge in [0.1, 0.15) is 28.5 Å². The molecule has 108 heavy (non-hydrogen) atoms. The Hall–Kier alpha value is -11.9. The number of aliphatic imine (C=N–C) groups is 1. The Kier molecular flexibility index (Phi) is 14.4. The highest BCUT2D eigenvalue weighted by atomic mass is 16.4. The number of hydrogen-bond acceptors (Lipinski definition) is 6. The van der Waals surface area contributed by atoms with Gasteiger partial charge in [0.05, 0.1) is 33.3 Å². The summed E-state index contributed by atoms with van der Waals surface area (Å²) >= 11 is 0. The predicted octanol–water partition coefficient (Wildman–Crippen LogP) is 26.2. The number of allylic oxidation sites excluding steroid dienone is 8. The molecule has 6 heterocycles. The van der Waals surface area contributed by atoms with E-state index in [0.29, 0.717) is 17.3 Å². The normalized spacial score (nSPS) is 20.0. The summed E-state index contributed by atoms with van der Waals surface area (Å²) in [4.78, 5) is 16.4. The highest BCUT2D eigenvalue weighted by Crippen LogP contribution is 2.54. The molecule has 0 bridgehead atoms. The van der Waals surface area contributed by atoms with Gasteiger partial charge in [-0.3, -0.25) is 4.99 Å². The van der Waals surface area contributed by atoms with Crippen LogP contribution in [0.5, 0.6) is 0 Å². The molecule has 21 rings (SSSR count). The minimum Gasteiger partial charge on any atom is -0.452 e. The first-order chi connectivity index (χ1) is 52.6. The van der Waals surface area contributed by atoms with Crippen LogP contribution in [0.15, 0.2) is 298 Å². The van der Waals surface area contributed by atoms with E-state index in [4.69, 9.17) is 23.8 Å². The van der Waals surface area contributed by atoms with Crippen molar-refractivity contribution in [1.29, 1.82) is 0 Å². The van der Waals surface area contributed by atoms with Crippen LogP contribution >= 0.6 is 0 Å². The number of anilines is 1. The number of nitrogens with zero attached hydrogens (tertiary/aromatic N) is 5. The van der Waals surface area contributed by atoms with Crippen molar-refractivity contribution in [2.45, 2.75) is 121 Å². The lowest BCUT2D eigenvalue weighted by Crippen LogP contribution is -2.36. The second kappa shape index (κ2) is 24.1. The number of furan rings is 2. The van der Waals surface area contributed by atoms with Gasteiger partial charge in [0.15, 0.2) is 11.4 Å². The predicted molar refractivity (Wildman–Crippen MR) is 448 cm³/mol.